The lowest BCUT2D eigenvalue weighted by molar-refractivity contribution is -0.168. The van der Waals surface area contributed by atoms with E-state index >= 15 is 0 Å². The fourth-order valence-corrected chi connectivity index (χ4v) is 3.94. The lowest BCUT2D eigenvalue weighted by Crippen LogP contribution is -2.32. The molecule has 1 amide bonds. The van der Waals surface area contributed by atoms with E-state index in [9.17, 15) is 19.5 Å². The van der Waals surface area contributed by atoms with Crippen LogP contribution < -0.4 is 5.32 Å². The molecule has 180 valence electrons. The van der Waals surface area contributed by atoms with Gasteiger partial charge in [-0.2, -0.15) is 0 Å². The second kappa shape index (κ2) is 12.5. The molecule has 0 spiro atoms. The Morgan fingerprint density at radius 3 is 2.50 bits per heavy atom. The Labute approximate surface area is 189 Å². The summed E-state index contributed by atoms with van der Waals surface area (Å²) in [5.74, 6) is -0.652. The fourth-order valence-electron chi connectivity index (χ4n) is 3.94. The lowest BCUT2D eigenvalue weighted by Gasteiger charge is -2.28. The number of hydrogen-bond acceptors (Lipinski definition) is 6. The van der Waals surface area contributed by atoms with Crippen LogP contribution in [0, 0.1) is 17.8 Å². The number of imidazole rings is 1. The Morgan fingerprint density at radius 2 is 1.88 bits per heavy atom. The van der Waals surface area contributed by atoms with Crippen molar-refractivity contribution in [2.24, 2.45) is 17.8 Å². The van der Waals surface area contributed by atoms with Gasteiger partial charge in [-0.25, -0.2) is 9.78 Å². The van der Waals surface area contributed by atoms with Crippen molar-refractivity contribution < 1.29 is 29.0 Å². The molecule has 0 saturated heterocycles. The van der Waals surface area contributed by atoms with Crippen molar-refractivity contribution >= 4 is 18.0 Å². The number of carboxylic acid groups (broad SMARTS) is 1. The number of aliphatic carboxylic acids is 1. The van der Waals surface area contributed by atoms with E-state index in [1.54, 1.807) is 20.0 Å². The molecule has 2 rings (SSSR count). The van der Waals surface area contributed by atoms with Crippen LogP contribution in [0.5, 0.6) is 0 Å². The summed E-state index contributed by atoms with van der Waals surface area (Å²) in [6, 6.07) is 0.390. The zero-order valence-corrected chi connectivity index (χ0v) is 19.6. The van der Waals surface area contributed by atoms with E-state index in [1.165, 1.54) is 19.8 Å². The molecule has 1 heterocycles. The average Bonchev–Trinajstić information content (AvgIpc) is 3.18. The van der Waals surface area contributed by atoms with Crippen LogP contribution in [-0.4, -0.2) is 45.5 Å². The molecule has 1 fully saturated rings. The highest BCUT2D eigenvalue weighted by atomic mass is 16.7. The van der Waals surface area contributed by atoms with E-state index in [2.05, 4.69) is 21.8 Å². The molecule has 0 bridgehead atoms. The number of carboxylic acids is 1. The molecule has 1 saturated carbocycles. The Bertz CT molecular complexity index is 755. The maximum absolute atomic E-state index is 11.8. The fraction of sp³-hybridized carbons (Fsp3) is 0.739. The number of amides is 1. The molecule has 1 aliphatic carbocycles. The monoisotopic (exact) mass is 451 g/mol. The number of carbonyl (C=O) groups is 3. The first-order chi connectivity index (χ1) is 15.2. The molecule has 1 aromatic rings. The van der Waals surface area contributed by atoms with Gasteiger partial charge in [0.05, 0.1) is 11.8 Å². The third kappa shape index (κ3) is 8.16. The Morgan fingerprint density at radius 1 is 1.19 bits per heavy atom. The molecular formula is C23H37N3O6. The average molecular weight is 452 g/mol. The number of carbonyl (C=O) groups excluding carboxylic acids is 2. The maximum Gasteiger partial charge on any atom is 0.410 e. The smallest absolute Gasteiger partial charge is 0.410 e. The predicted octanol–water partition coefficient (Wildman–Crippen LogP) is 3.93. The Kier molecular flexibility index (Phi) is 9.99. The number of esters is 1. The Balaban J connectivity index is 1.77. The van der Waals surface area contributed by atoms with Gasteiger partial charge in [0.25, 0.3) is 0 Å². The largest absolute Gasteiger partial charge is 0.481 e. The minimum Gasteiger partial charge on any atom is -0.481 e. The zero-order chi connectivity index (χ0) is 23.7. The number of hydrogen-bond donors (Lipinski definition) is 2. The summed E-state index contributed by atoms with van der Waals surface area (Å²) >= 11 is 0. The summed E-state index contributed by atoms with van der Waals surface area (Å²) < 4.78 is 12.1. The number of nitrogens with one attached hydrogen (secondary N) is 1. The summed E-state index contributed by atoms with van der Waals surface area (Å²) in [5, 5.41) is 12.2. The topological polar surface area (TPSA) is 120 Å². The highest BCUT2D eigenvalue weighted by molar-refractivity contribution is 5.72. The van der Waals surface area contributed by atoms with Crippen molar-refractivity contribution in [3.63, 3.8) is 0 Å². The SMILES string of the molecule is CC(OC(=O)NCCC[C@@H](Cc1nccn1[C@H]1CC[C@H](C)CC1)C(=O)O)OC(=O)C(C)C. The normalized spacial score (nSPS) is 20.4. The lowest BCUT2D eigenvalue weighted by atomic mass is 9.87. The number of alkyl carbamates (subject to hydrolysis) is 1. The molecule has 9 heteroatoms. The molecule has 1 aromatic heterocycles. The molecule has 0 radical (unpaired) electrons. The van der Waals surface area contributed by atoms with Crippen LogP contribution in [0.15, 0.2) is 12.4 Å². The van der Waals surface area contributed by atoms with E-state index in [0.29, 0.717) is 25.3 Å². The molecule has 32 heavy (non-hydrogen) atoms. The Hall–Kier alpha value is -2.58. The van der Waals surface area contributed by atoms with Gasteiger partial charge in [-0.05, 0) is 44.4 Å². The molecule has 0 aliphatic heterocycles. The molecule has 1 aliphatic rings. The summed E-state index contributed by atoms with van der Waals surface area (Å²) in [7, 11) is 0. The number of rotatable bonds is 11. The van der Waals surface area contributed by atoms with Crippen LogP contribution in [0.3, 0.4) is 0 Å². The van der Waals surface area contributed by atoms with Gasteiger partial charge < -0.3 is 24.5 Å². The summed E-state index contributed by atoms with van der Waals surface area (Å²) in [6.07, 6.45) is 7.82. The summed E-state index contributed by atoms with van der Waals surface area (Å²) in [5.41, 5.74) is 0. The van der Waals surface area contributed by atoms with Crippen molar-refractivity contribution in [1.29, 1.82) is 0 Å². The van der Waals surface area contributed by atoms with Crippen LogP contribution in [0.2, 0.25) is 0 Å². The van der Waals surface area contributed by atoms with Gasteiger partial charge in [-0.1, -0.05) is 20.8 Å². The number of aromatic nitrogens is 2. The van der Waals surface area contributed by atoms with E-state index in [1.807, 2.05) is 6.20 Å². The standard InChI is InChI=1S/C23H37N3O6/c1-15(2)22(29)31-17(4)32-23(30)25-11-5-6-18(21(27)28)14-20-24-12-13-26(20)19-9-7-16(3)8-10-19/h12-13,15-19H,5-11,14H2,1-4H3,(H,25,30)(H,27,28)/t16-,17?,18-,19-/m0/s1. The van der Waals surface area contributed by atoms with Crippen molar-refractivity contribution in [1.82, 2.24) is 14.9 Å². The molecule has 2 N–H and O–H groups in total. The van der Waals surface area contributed by atoms with Crippen LogP contribution >= 0.6 is 0 Å². The van der Waals surface area contributed by atoms with Crippen molar-refractivity contribution in [3.8, 4) is 0 Å². The summed E-state index contributed by atoms with van der Waals surface area (Å²) in [4.78, 5) is 39.6. The minimum absolute atomic E-state index is 0.266. The van der Waals surface area contributed by atoms with Gasteiger partial charge in [0.1, 0.15) is 5.82 Å². The third-order valence-corrected chi connectivity index (χ3v) is 5.93. The van der Waals surface area contributed by atoms with E-state index in [4.69, 9.17) is 9.47 Å². The predicted molar refractivity (Wildman–Crippen MR) is 118 cm³/mol. The van der Waals surface area contributed by atoms with Crippen molar-refractivity contribution in [3.05, 3.63) is 18.2 Å². The highest BCUT2D eigenvalue weighted by Crippen LogP contribution is 2.33. The highest BCUT2D eigenvalue weighted by Gasteiger charge is 2.25. The van der Waals surface area contributed by atoms with Crippen molar-refractivity contribution in [2.45, 2.75) is 85.0 Å². The van der Waals surface area contributed by atoms with Crippen LogP contribution in [0.4, 0.5) is 4.79 Å². The minimum atomic E-state index is -0.988. The second-order valence-corrected chi connectivity index (χ2v) is 9.04. The van der Waals surface area contributed by atoms with Gasteiger partial charge in [-0.15, -0.1) is 0 Å². The van der Waals surface area contributed by atoms with Gasteiger partial charge >= 0.3 is 18.0 Å². The summed E-state index contributed by atoms with van der Waals surface area (Å²) in [6.45, 7) is 7.39. The number of nitrogens with zero attached hydrogens (tertiary/aromatic N) is 2. The third-order valence-electron chi connectivity index (χ3n) is 5.93. The quantitative estimate of drug-likeness (QED) is 0.297. The first-order valence-electron chi connectivity index (χ1n) is 11.6. The van der Waals surface area contributed by atoms with Gasteiger partial charge in [0.15, 0.2) is 0 Å². The van der Waals surface area contributed by atoms with E-state index in [0.717, 1.165) is 24.6 Å². The van der Waals surface area contributed by atoms with E-state index < -0.39 is 30.2 Å². The molecule has 0 aromatic carbocycles. The second-order valence-electron chi connectivity index (χ2n) is 9.04. The maximum atomic E-state index is 11.8. The molecule has 2 atom stereocenters. The first kappa shape index (κ1) is 25.7. The van der Waals surface area contributed by atoms with Gasteiger partial charge in [-0.3, -0.25) is 9.59 Å². The van der Waals surface area contributed by atoms with Crippen LogP contribution in [0.25, 0.3) is 0 Å². The molecule has 9 nitrogen and oxygen atoms in total. The van der Waals surface area contributed by atoms with Crippen molar-refractivity contribution in [2.75, 3.05) is 6.54 Å². The van der Waals surface area contributed by atoms with Gasteiger partial charge in [0.2, 0.25) is 6.29 Å². The van der Waals surface area contributed by atoms with Gasteiger partial charge in [0, 0.05) is 38.3 Å². The molecule has 1 unspecified atom stereocenters. The zero-order valence-electron chi connectivity index (χ0n) is 19.6. The molecular weight excluding hydrogens is 414 g/mol. The first-order valence-corrected chi connectivity index (χ1v) is 11.6. The van der Waals surface area contributed by atoms with Crippen LogP contribution in [-0.2, 0) is 25.5 Å². The number of ether oxygens (including phenoxy) is 2. The van der Waals surface area contributed by atoms with Crippen LogP contribution in [0.1, 0.15) is 78.1 Å². The van der Waals surface area contributed by atoms with E-state index in [-0.39, 0.29) is 12.5 Å².